The van der Waals surface area contributed by atoms with Crippen molar-refractivity contribution in [1.29, 1.82) is 0 Å². The monoisotopic (exact) mass is 425 g/mol. The first-order valence-electron chi connectivity index (χ1n) is 8.71. The van der Waals surface area contributed by atoms with Crippen molar-refractivity contribution in [3.63, 3.8) is 0 Å². The van der Waals surface area contributed by atoms with E-state index in [1.165, 1.54) is 11.3 Å². The van der Waals surface area contributed by atoms with E-state index in [0.717, 1.165) is 10.4 Å². The SMILES string of the molecule is CCc1sc(-c2ccc(Cl)cc2Cl)nc1C1C(=O)C(C)(C)OC(C)(C)C1=O. The Labute approximate surface area is 172 Å². The smallest absolute Gasteiger partial charge is 0.180 e. The van der Waals surface area contributed by atoms with E-state index in [0.29, 0.717) is 27.2 Å². The van der Waals surface area contributed by atoms with Crippen LogP contribution in [-0.2, 0) is 20.7 Å². The van der Waals surface area contributed by atoms with Crippen LogP contribution in [0, 0.1) is 0 Å². The van der Waals surface area contributed by atoms with Crippen LogP contribution < -0.4 is 0 Å². The first-order chi connectivity index (χ1) is 12.5. The van der Waals surface area contributed by atoms with Crippen LogP contribution in [0.1, 0.15) is 51.1 Å². The molecule has 0 bridgehead atoms. The summed E-state index contributed by atoms with van der Waals surface area (Å²) in [5, 5.41) is 1.69. The molecule has 0 atom stereocenters. The molecule has 1 fully saturated rings. The maximum atomic E-state index is 13.0. The van der Waals surface area contributed by atoms with Crippen molar-refractivity contribution in [2.45, 2.75) is 58.2 Å². The van der Waals surface area contributed by atoms with Crippen molar-refractivity contribution >= 4 is 46.1 Å². The molecule has 0 aliphatic carbocycles. The second kappa shape index (κ2) is 6.96. The number of Topliss-reactive ketones (excluding diaryl/α,β-unsaturated/α-hetero) is 2. The predicted octanol–water partition coefficient (Wildman–Crippen LogP) is 5.49. The Morgan fingerprint density at radius 3 is 2.22 bits per heavy atom. The van der Waals surface area contributed by atoms with Gasteiger partial charge in [-0.05, 0) is 52.3 Å². The van der Waals surface area contributed by atoms with E-state index in [1.807, 2.05) is 6.92 Å². The van der Waals surface area contributed by atoms with E-state index < -0.39 is 17.1 Å². The molecular weight excluding hydrogens is 405 g/mol. The highest BCUT2D eigenvalue weighted by molar-refractivity contribution is 7.15. The molecule has 0 saturated carbocycles. The summed E-state index contributed by atoms with van der Waals surface area (Å²) in [5.74, 6) is -1.46. The highest BCUT2D eigenvalue weighted by atomic mass is 35.5. The Balaban J connectivity index is 2.15. The van der Waals surface area contributed by atoms with Crippen LogP contribution in [0.15, 0.2) is 18.2 Å². The quantitative estimate of drug-likeness (QED) is 0.609. The van der Waals surface area contributed by atoms with Gasteiger partial charge in [0.05, 0.1) is 10.7 Å². The largest absolute Gasteiger partial charge is 0.354 e. The Hall–Kier alpha value is -1.27. The van der Waals surface area contributed by atoms with Gasteiger partial charge in [-0.25, -0.2) is 4.98 Å². The summed E-state index contributed by atoms with van der Waals surface area (Å²) in [6.07, 6.45) is 0.664. The molecule has 27 heavy (non-hydrogen) atoms. The lowest BCUT2D eigenvalue weighted by molar-refractivity contribution is -0.184. The molecule has 0 unspecified atom stereocenters. The fraction of sp³-hybridized carbons (Fsp3) is 0.450. The van der Waals surface area contributed by atoms with E-state index in [9.17, 15) is 9.59 Å². The van der Waals surface area contributed by atoms with Crippen LogP contribution in [-0.4, -0.2) is 27.8 Å². The van der Waals surface area contributed by atoms with Crippen LogP contribution in [0.5, 0.6) is 0 Å². The first kappa shape index (κ1) is 20.5. The Kier molecular flexibility index (Phi) is 5.28. The van der Waals surface area contributed by atoms with Crippen LogP contribution in [0.2, 0.25) is 10.0 Å². The van der Waals surface area contributed by atoms with Gasteiger partial charge in [-0.1, -0.05) is 30.1 Å². The van der Waals surface area contributed by atoms with E-state index in [4.69, 9.17) is 32.9 Å². The lowest BCUT2D eigenvalue weighted by Gasteiger charge is -2.42. The van der Waals surface area contributed by atoms with Gasteiger partial charge < -0.3 is 4.74 Å². The van der Waals surface area contributed by atoms with Gasteiger partial charge in [0.2, 0.25) is 0 Å². The molecule has 1 saturated heterocycles. The highest BCUT2D eigenvalue weighted by Gasteiger charge is 2.54. The van der Waals surface area contributed by atoms with Crippen LogP contribution in [0.4, 0.5) is 0 Å². The maximum Gasteiger partial charge on any atom is 0.180 e. The van der Waals surface area contributed by atoms with Gasteiger partial charge in [-0.2, -0.15) is 0 Å². The highest BCUT2D eigenvalue weighted by Crippen LogP contribution is 2.42. The number of ether oxygens (including phenoxy) is 1. The summed E-state index contributed by atoms with van der Waals surface area (Å²) < 4.78 is 5.78. The maximum absolute atomic E-state index is 13.0. The third-order valence-corrected chi connectivity index (χ3v) is 6.50. The molecule has 2 heterocycles. The van der Waals surface area contributed by atoms with Gasteiger partial charge >= 0.3 is 0 Å². The van der Waals surface area contributed by atoms with Gasteiger partial charge in [0.15, 0.2) is 11.6 Å². The normalized spacial score (nSPS) is 19.5. The number of rotatable bonds is 3. The molecule has 3 rings (SSSR count). The number of hydrogen-bond acceptors (Lipinski definition) is 5. The van der Waals surface area contributed by atoms with Crippen molar-refractivity contribution in [1.82, 2.24) is 4.98 Å². The zero-order valence-corrected chi connectivity index (χ0v) is 18.2. The summed E-state index contributed by atoms with van der Waals surface area (Å²) in [7, 11) is 0. The molecule has 2 aromatic rings. The van der Waals surface area contributed by atoms with Crippen molar-refractivity contribution < 1.29 is 14.3 Å². The van der Waals surface area contributed by atoms with E-state index in [2.05, 4.69) is 0 Å². The summed E-state index contributed by atoms with van der Waals surface area (Å²) in [5.41, 5.74) is -0.871. The number of halogens is 2. The number of benzene rings is 1. The summed E-state index contributed by atoms with van der Waals surface area (Å²) in [6, 6.07) is 5.20. The van der Waals surface area contributed by atoms with Gasteiger partial charge in [0.1, 0.15) is 22.1 Å². The standard InChI is InChI=1S/C20H21Cl2NO3S/c1-6-13-15(14-16(24)19(2,3)26-20(4,5)17(14)25)23-18(27-13)11-8-7-10(21)9-12(11)22/h7-9,14H,6H2,1-5H3. The fourth-order valence-electron chi connectivity index (χ4n) is 3.42. The lowest BCUT2D eigenvalue weighted by atomic mass is 9.76. The molecule has 1 aliphatic rings. The molecule has 0 radical (unpaired) electrons. The van der Waals surface area contributed by atoms with Crippen LogP contribution in [0.3, 0.4) is 0 Å². The van der Waals surface area contributed by atoms with E-state index in [1.54, 1.807) is 45.9 Å². The molecule has 1 aromatic heterocycles. The molecule has 0 spiro atoms. The lowest BCUT2D eigenvalue weighted by Crippen LogP contribution is -2.58. The fourth-order valence-corrected chi connectivity index (χ4v) is 5.05. The minimum atomic E-state index is -1.06. The van der Waals surface area contributed by atoms with Gasteiger partial charge in [0, 0.05) is 15.5 Å². The summed E-state index contributed by atoms with van der Waals surface area (Å²) in [4.78, 5) is 31.7. The first-order valence-corrected chi connectivity index (χ1v) is 10.3. The van der Waals surface area contributed by atoms with Gasteiger partial charge in [-0.15, -0.1) is 11.3 Å². The number of ketones is 2. The molecule has 0 amide bonds. The topological polar surface area (TPSA) is 56.3 Å². The van der Waals surface area contributed by atoms with Crippen molar-refractivity contribution in [2.75, 3.05) is 0 Å². The molecular formula is C20H21Cl2NO3S. The molecule has 4 nitrogen and oxygen atoms in total. The summed E-state index contributed by atoms with van der Waals surface area (Å²) >= 11 is 13.8. The van der Waals surface area contributed by atoms with E-state index in [-0.39, 0.29) is 11.6 Å². The Bertz CT molecular complexity index is 907. The Morgan fingerprint density at radius 1 is 1.11 bits per heavy atom. The zero-order valence-electron chi connectivity index (χ0n) is 15.9. The predicted molar refractivity (Wildman–Crippen MR) is 109 cm³/mol. The zero-order chi connectivity index (χ0) is 20.1. The number of aryl methyl sites for hydroxylation is 1. The third-order valence-electron chi connectivity index (χ3n) is 4.71. The van der Waals surface area contributed by atoms with Crippen LogP contribution >= 0.6 is 34.5 Å². The second-order valence-electron chi connectivity index (χ2n) is 7.59. The van der Waals surface area contributed by atoms with Crippen molar-refractivity contribution in [3.8, 4) is 10.6 Å². The number of aromatic nitrogens is 1. The van der Waals surface area contributed by atoms with Crippen molar-refractivity contribution in [2.24, 2.45) is 0 Å². The second-order valence-corrected chi connectivity index (χ2v) is 9.52. The van der Waals surface area contributed by atoms with Gasteiger partial charge in [-0.3, -0.25) is 9.59 Å². The minimum Gasteiger partial charge on any atom is -0.354 e. The molecule has 0 N–H and O–H groups in total. The number of nitrogens with zero attached hydrogens (tertiary/aromatic N) is 1. The van der Waals surface area contributed by atoms with E-state index >= 15 is 0 Å². The number of carbonyl (C=O) groups excluding carboxylic acids is 2. The third kappa shape index (κ3) is 3.58. The average molecular weight is 426 g/mol. The number of carbonyl (C=O) groups is 2. The summed E-state index contributed by atoms with van der Waals surface area (Å²) in [6.45, 7) is 8.78. The number of thiazole rings is 1. The average Bonchev–Trinajstić information content (AvgIpc) is 2.96. The van der Waals surface area contributed by atoms with Crippen LogP contribution in [0.25, 0.3) is 10.6 Å². The minimum absolute atomic E-state index is 0.263. The molecule has 7 heteroatoms. The van der Waals surface area contributed by atoms with Gasteiger partial charge in [0.25, 0.3) is 0 Å². The number of hydrogen-bond donors (Lipinski definition) is 0. The molecule has 144 valence electrons. The molecule has 1 aromatic carbocycles. The molecule has 1 aliphatic heterocycles. The Morgan fingerprint density at radius 2 is 1.70 bits per heavy atom. The van der Waals surface area contributed by atoms with Crippen molar-refractivity contribution in [3.05, 3.63) is 38.8 Å².